The molecule has 0 amide bonds. The van der Waals surface area contributed by atoms with E-state index in [1.807, 2.05) is 0 Å². The molecule has 0 bridgehead atoms. The Bertz CT molecular complexity index is 592. The van der Waals surface area contributed by atoms with Crippen molar-refractivity contribution in [3.63, 3.8) is 0 Å². The van der Waals surface area contributed by atoms with Gasteiger partial charge in [0.1, 0.15) is 0 Å². The van der Waals surface area contributed by atoms with E-state index in [9.17, 15) is 9.50 Å². The maximum atomic E-state index is 14.1. The zero-order chi connectivity index (χ0) is 12.7. The number of aliphatic hydroxyl groups excluding tert-OH is 1. The topological polar surface area (TPSA) is 38.1 Å². The third-order valence-electron chi connectivity index (χ3n) is 2.38. The van der Waals surface area contributed by atoms with Crippen molar-refractivity contribution in [2.24, 2.45) is 0 Å². The van der Waals surface area contributed by atoms with Crippen LogP contribution in [-0.2, 0) is 0 Å². The van der Waals surface area contributed by atoms with Crippen molar-refractivity contribution >= 4 is 66.8 Å². The molecule has 3 nitrogen and oxygen atoms in total. The predicted molar refractivity (Wildman–Crippen MR) is 80.8 cm³/mol. The molecule has 1 N–H and O–H groups in total. The van der Waals surface area contributed by atoms with E-state index in [2.05, 4.69) is 43.1 Å². The number of nitrogens with zero attached hydrogens (tertiary/aromatic N) is 2. The van der Waals surface area contributed by atoms with Gasteiger partial charge in [-0.15, -0.1) is 0 Å². The average molecular weight is 451 g/mol. The predicted octanol–water partition coefficient (Wildman–Crippen LogP) is 4.44. The van der Waals surface area contributed by atoms with Crippen LogP contribution in [0.15, 0.2) is 10.7 Å². The van der Waals surface area contributed by atoms with Gasteiger partial charge < -0.3 is 5.11 Å². The number of benzene rings is 1. The lowest BCUT2D eigenvalue weighted by Crippen LogP contribution is -2.01. The first-order valence-corrected chi connectivity index (χ1v) is 9.81. The first-order valence-electron chi connectivity index (χ1n) is 4.57. The van der Waals surface area contributed by atoms with E-state index < -0.39 is 11.9 Å². The van der Waals surface area contributed by atoms with Gasteiger partial charge in [0, 0.05) is 10.9 Å². The van der Waals surface area contributed by atoms with E-state index >= 15 is 0 Å². The number of hydrogen-bond acceptors (Lipinski definition) is 2. The summed E-state index contributed by atoms with van der Waals surface area (Å²) in [6, 6.07) is 0. The molecule has 2 atom stereocenters. The first-order chi connectivity index (χ1) is 7.99. The maximum Gasteiger partial charge on any atom is 0.150 e. The molecule has 0 aliphatic heterocycles. The minimum atomic E-state index is -0.939. The highest BCUT2D eigenvalue weighted by Gasteiger charge is 2.23. The summed E-state index contributed by atoms with van der Waals surface area (Å²) in [5.41, 5.74) is 0.774. The molecule has 17 heavy (non-hydrogen) atoms. The van der Waals surface area contributed by atoms with Gasteiger partial charge in [-0.2, -0.15) is 5.10 Å². The zero-order valence-corrected chi connectivity index (χ0v) is 14.0. The van der Waals surface area contributed by atoms with Gasteiger partial charge in [0.15, 0.2) is 5.82 Å². The molecule has 0 radical (unpaired) electrons. The molecular formula is C9H7BrClFIN2OP. The largest absolute Gasteiger partial charge is 0.389 e. The number of aliphatic hydroxyl groups is 1. The molecule has 0 saturated heterocycles. The van der Waals surface area contributed by atoms with Gasteiger partial charge in [0.25, 0.3) is 0 Å². The monoisotopic (exact) mass is 450 g/mol. The minimum Gasteiger partial charge on any atom is -0.389 e. The summed E-state index contributed by atoms with van der Waals surface area (Å²) in [5.74, 6) is -0.600. The number of halogens is 4. The van der Waals surface area contributed by atoms with Crippen molar-refractivity contribution in [3.8, 4) is 0 Å². The van der Waals surface area contributed by atoms with Crippen LogP contribution in [0.1, 0.15) is 18.6 Å². The van der Waals surface area contributed by atoms with Crippen LogP contribution in [0.3, 0.4) is 0 Å². The molecule has 2 aromatic rings. The summed E-state index contributed by atoms with van der Waals surface area (Å²) in [6.07, 6.45) is 0.996. The molecule has 1 heterocycles. The number of rotatable bonds is 2. The SMILES string of the molecule is CC(O)c1c(F)c(Cl)c(Br)c2cnn(PI)c12. The number of hydrogen-bond donors (Lipinski definition) is 1. The Balaban J connectivity index is 2.97. The van der Waals surface area contributed by atoms with Crippen molar-refractivity contribution in [1.29, 1.82) is 0 Å². The van der Waals surface area contributed by atoms with Gasteiger partial charge in [-0.1, -0.05) is 11.6 Å². The molecule has 92 valence electrons. The normalized spacial score (nSPS) is 14.0. The quantitative estimate of drug-likeness (QED) is 0.417. The summed E-state index contributed by atoms with van der Waals surface area (Å²) >= 11 is 11.3. The van der Waals surface area contributed by atoms with Crippen LogP contribution in [-0.4, -0.2) is 14.7 Å². The van der Waals surface area contributed by atoms with E-state index in [0.29, 0.717) is 21.7 Å². The lowest BCUT2D eigenvalue weighted by molar-refractivity contribution is 0.195. The smallest absolute Gasteiger partial charge is 0.150 e. The second kappa shape index (κ2) is 5.25. The highest BCUT2D eigenvalue weighted by atomic mass is 127. The minimum absolute atomic E-state index is 0.0234. The van der Waals surface area contributed by atoms with E-state index in [1.54, 1.807) is 10.6 Å². The summed E-state index contributed by atoms with van der Waals surface area (Å²) in [5, 5.41) is 14.5. The molecule has 0 saturated carbocycles. The van der Waals surface area contributed by atoms with Crippen molar-refractivity contribution < 1.29 is 9.50 Å². The molecule has 1 aromatic heterocycles. The Labute approximate surface area is 125 Å². The lowest BCUT2D eigenvalue weighted by Gasteiger charge is -2.12. The van der Waals surface area contributed by atoms with Crippen LogP contribution in [0.25, 0.3) is 10.9 Å². The fraction of sp³-hybridized carbons (Fsp3) is 0.222. The molecule has 0 spiro atoms. The summed E-state index contributed by atoms with van der Waals surface area (Å²) in [7, 11) is 0. The van der Waals surface area contributed by atoms with Crippen molar-refractivity contribution in [1.82, 2.24) is 9.55 Å². The van der Waals surface area contributed by atoms with E-state index in [0.717, 1.165) is 0 Å². The summed E-state index contributed by atoms with van der Waals surface area (Å²) < 4.78 is 16.2. The van der Waals surface area contributed by atoms with Gasteiger partial charge in [-0.3, -0.25) is 0 Å². The molecule has 0 aliphatic carbocycles. The molecule has 2 unspecified atom stereocenters. The van der Waals surface area contributed by atoms with Crippen LogP contribution in [0.4, 0.5) is 4.39 Å². The van der Waals surface area contributed by atoms with Crippen molar-refractivity contribution in [2.75, 3.05) is 0 Å². The van der Waals surface area contributed by atoms with Crippen LogP contribution < -0.4 is 0 Å². The fourth-order valence-corrected chi connectivity index (χ4v) is 3.84. The van der Waals surface area contributed by atoms with Crippen LogP contribution in [0.5, 0.6) is 0 Å². The Morgan fingerprint density at radius 3 is 2.88 bits per heavy atom. The first kappa shape index (κ1) is 13.9. The maximum absolute atomic E-state index is 14.1. The van der Waals surface area contributed by atoms with Gasteiger partial charge in [0.05, 0.1) is 33.7 Å². The Morgan fingerprint density at radius 2 is 2.35 bits per heavy atom. The van der Waals surface area contributed by atoms with Gasteiger partial charge in [-0.25, -0.2) is 8.84 Å². The van der Waals surface area contributed by atoms with Gasteiger partial charge in [-0.05, 0) is 44.9 Å². The third-order valence-corrected chi connectivity index (χ3v) is 5.66. The number of fused-ring (bicyclic) bond motifs is 1. The molecule has 2 rings (SSSR count). The summed E-state index contributed by atoms with van der Waals surface area (Å²) in [6.45, 7) is 1.51. The van der Waals surface area contributed by atoms with Gasteiger partial charge in [0.2, 0.25) is 0 Å². The summed E-state index contributed by atoms with van der Waals surface area (Å²) in [4.78, 5) is 0. The Hall–Kier alpha value is 0.510. The zero-order valence-electron chi connectivity index (χ0n) is 8.51. The molecule has 8 heteroatoms. The van der Waals surface area contributed by atoms with Crippen molar-refractivity contribution in [2.45, 2.75) is 13.0 Å². The van der Waals surface area contributed by atoms with E-state index in [1.165, 1.54) is 6.92 Å². The standard InChI is InChI=1S/C9H7BrClFIN2OP/c1-3(16)5-8(12)7(11)6(10)4-2-14-15(17-13)9(4)5/h2-3,16-17H,1H3. The van der Waals surface area contributed by atoms with E-state index in [4.69, 9.17) is 11.6 Å². The highest BCUT2D eigenvalue weighted by Crippen LogP contribution is 2.41. The molecule has 1 aromatic carbocycles. The van der Waals surface area contributed by atoms with Gasteiger partial charge >= 0.3 is 0 Å². The lowest BCUT2D eigenvalue weighted by atomic mass is 10.1. The Kier molecular flexibility index (Phi) is 4.30. The second-order valence-corrected chi connectivity index (χ2v) is 6.65. The average Bonchev–Trinajstić information content (AvgIpc) is 2.69. The third kappa shape index (κ3) is 2.23. The second-order valence-electron chi connectivity index (χ2n) is 3.43. The fourth-order valence-electron chi connectivity index (χ4n) is 1.65. The number of aromatic nitrogens is 2. The highest BCUT2D eigenvalue weighted by molar-refractivity contribution is 14.2. The van der Waals surface area contributed by atoms with Crippen LogP contribution >= 0.6 is 55.9 Å². The molecular weight excluding hydrogens is 444 g/mol. The molecule has 0 fully saturated rings. The molecule has 0 aliphatic rings. The Morgan fingerprint density at radius 1 is 1.71 bits per heavy atom. The van der Waals surface area contributed by atoms with Crippen LogP contribution in [0, 0.1) is 5.82 Å². The van der Waals surface area contributed by atoms with E-state index in [-0.39, 0.29) is 10.6 Å². The van der Waals surface area contributed by atoms with Crippen molar-refractivity contribution in [3.05, 3.63) is 27.1 Å². The van der Waals surface area contributed by atoms with Crippen LogP contribution in [0.2, 0.25) is 5.02 Å².